The molecule has 110 valence electrons. The molecular weight excluding hydrogens is 284 g/mol. The smallest absolute Gasteiger partial charge is 0.237 e. The van der Waals surface area contributed by atoms with Crippen LogP contribution in [-0.4, -0.2) is 22.1 Å². The molecule has 0 bridgehead atoms. The second-order valence-electron chi connectivity index (χ2n) is 5.14. The number of nitrogens with one attached hydrogen (secondary N) is 1. The monoisotopic (exact) mass is 306 g/mol. The number of nitrogens with two attached hydrogens (primary N) is 1. The quantitative estimate of drug-likeness (QED) is 0.843. The summed E-state index contributed by atoms with van der Waals surface area (Å²) in [4.78, 5) is 11.7. The minimum atomic E-state index is -0.442. The predicted molar refractivity (Wildman–Crippen MR) is 80.5 cm³/mol. The molecule has 0 aliphatic heterocycles. The van der Waals surface area contributed by atoms with E-state index in [9.17, 15) is 4.79 Å². The van der Waals surface area contributed by atoms with Crippen molar-refractivity contribution in [2.75, 3.05) is 0 Å². The number of hydrogen-bond acceptors (Lipinski definition) is 5. The van der Waals surface area contributed by atoms with Crippen molar-refractivity contribution in [2.45, 2.75) is 52.6 Å². The van der Waals surface area contributed by atoms with Crippen molar-refractivity contribution in [2.24, 2.45) is 11.7 Å². The number of hydrogen-bond donors (Lipinski definition) is 2. The highest BCUT2D eigenvalue weighted by molar-refractivity contribution is 7.11. The zero-order valence-corrected chi connectivity index (χ0v) is 13.5. The number of halogens is 1. The van der Waals surface area contributed by atoms with Gasteiger partial charge in [0.05, 0.1) is 12.6 Å². The highest BCUT2D eigenvalue weighted by Crippen LogP contribution is 2.18. The molecule has 1 atom stereocenters. The van der Waals surface area contributed by atoms with Crippen LogP contribution in [0.15, 0.2) is 0 Å². The van der Waals surface area contributed by atoms with E-state index in [1.807, 2.05) is 13.8 Å². The lowest BCUT2D eigenvalue weighted by Gasteiger charge is -2.13. The maximum absolute atomic E-state index is 11.7. The molecular formula is C12H23ClN4OS. The highest BCUT2D eigenvalue weighted by atomic mass is 35.5. The standard InChI is InChI=1S/C12H22N4OS.ClH/c1-7(2)5-9(13)11(17)14-6-10-15-16-12(18-10)8(3)4;/h7-9H,5-6,13H2,1-4H3,(H,14,17);1H/t9-;/m0./s1. The van der Waals surface area contributed by atoms with E-state index in [0.29, 0.717) is 24.8 Å². The van der Waals surface area contributed by atoms with E-state index in [1.165, 1.54) is 11.3 Å². The summed E-state index contributed by atoms with van der Waals surface area (Å²) in [6.07, 6.45) is 0.694. The summed E-state index contributed by atoms with van der Waals surface area (Å²) >= 11 is 1.53. The van der Waals surface area contributed by atoms with Gasteiger partial charge in [-0.05, 0) is 12.3 Å². The van der Waals surface area contributed by atoms with Crippen LogP contribution >= 0.6 is 23.7 Å². The Hall–Kier alpha value is -0.720. The van der Waals surface area contributed by atoms with E-state index in [4.69, 9.17) is 5.73 Å². The van der Waals surface area contributed by atoms with Gasteiger partial charge >= 0.3 is 0 Å². The maximum Gasteiger partial charge on any atom is 0.237 e. The van der Waals surface area contributed by atoms with Gasteiger partial charge in [-0.25, -0.2) is 0 Å². The van der Waals surface area contributed by atoms with Gasteiger partial charge in [-0.2, -0.15) is 0 Å². The van der Waals surface area contributed by atoms with Crippen LogP contribution < -0.4 is 11.1 Å². The molecule has 0 saturated carbocycles. The van der Waals surface area contributed by atoms with E-state index >= 15 is 0 Å². The van der Waals surface area contributed by atoms with Crippen LogP contribution in [-0.2, 0) is 11.3 Å². The molecule has 1 aromatic rings. The molecule has 0 aliphatic rings. The molecule has 0 radical (unpaired) electrons. The third kappa shape index (κ3) is 6.31. The van der Waals surface area contributed by atoms with Crippen molar-refractivity contribution in [1.29, 1.82) is 0 Å². The van der Waals surface area contributed by atoms with Crippen molar-refractivity contribution in [1.82, 2.24) is 15.5 Å². The SMILES string of the molecule is CC(C)C[C@H](N)C(=O)NCc1nnc(C(C)C)s1.Cl. The van der Waals surface area contributed by atoms with Crippen LogP contribution in [0.1, 0.15) is 50.0 Å². The number of amides is 1. The van der Waals surface area contributed by atoms with Gasteiger partial charge in [0, 0.05) is 5.92 Å². The Morgan fingerprint density at radius 2 is 1.95 bits per heavy atom. The lowest BCUT2D eigenvalue weighted by molar-refractivity contribution is -0.122. The number of carbonyl (C=O) groups is 1. The first-order chi connectivity index (χ1) is 8.40. The fourth-order valence-electron chi connectivity index (χ4n) is 1.48. The molecule has 19 heavy (non-hydrogen) atoms. The molecule has 5 nitrogen and oxygen atoms in total. The molecule has 1 rings (SSSR count). The predicted octanol–water partition coefficient (Wildman–Crippen LogP) is 2.07. The Balaban J connectivity index is 0.00000324. The second-order valence-corrected chi connectivity index (χ2v) is 6.24. The van der Waals surface area contributed by atoms with Gasteiger partial charge in [0.2, 0.25) is 5.91 Å². The van der Waals surface area contributed by atoms with Crippen LogP contribution in [0.3, 0.4) is 0 Å². The molecule has 1 amide bonds. The van der Waals surface area contributed by atoms with Gasteiger partial charge in [-0.1, -0.05) is 39.0 Å². The van der Waals surface area contributed by atoms with E-state index in [0.717, 1.165) is 10.0 Å². The summed E-state index contributed by atoms with van der Waals surface area (Å²) < 4.78 is 0. The summed E-state index contributed by atoms with van der Waals surface area (Å²) in [5, 5.41) is 12.7. The lowest BCUT2D eigenvalue weighted by atomic mass is 10.0. The van der Waals surface area contributed by atoms with Crippen LogP contribution in [0.25, 0.3) is 0 Å². The first-order valence-corrected chi connectivity index (χ1v) is 7.07. The van der Waals surface area contributed by atoms with Crippen molar-refractivity contribution in [3.63, 3.8) is 0 Å². The average molecular weight is 307 g/mol. The largest absolute Gasteiger partial charge is 0.348 e. The molecule has 0 unspecified atom stereocenters. The molecule has 3 N–H and O–H groups in total. The van der Waals surface area contributed by atoms with Crippen molar-refractivity contribution in [3.05, 3.63) is 10.0 Å². The van der Waals surface area contributed by atoms with E-state index in [1.54, 1.807) is 0 Å². The Bertz CT molecular complexity index is 395. The Kier molecular flexibility index (Phi) is 8.13. The first kappa shape index (κ1) is 18.3. The van der Waals surface area contributed by atoms with E-state index < -0.39 is 6.04 Å². The van der Waals surface area contributed by atoms with Crippen LogP contribution in [0.4, 0.5) is 0 Å². The van der Waals surface area contributed by atoms with E-state index in [2.05, 4.69) is 29.4 Å². The molecule has 0 aliphatic carbocycles. The minimum absolute atomic E-state index is 0. The van der Waals surface area contributed by atoms with Gasteiger partial charge in [0.15, 0.2) is 0 Å². The number of rotatable bonds is 6. The van der Waals surface area contributed by atoms with Crippen LogP contribution in [0.2, 0.25) is 0 Å². The lowest BCUT2D eigenvalue weighted by Crippen LogP contribution is -2.41. The zero-order chi connectivity index (χ0) is 13.7. The second kappa shape index (κ2) is 8.45. The van der Waals surface area contributed by atoms with Gasteiger partial charge in [0.25, 0.3) is 0 Å². The Morgan fingerprint density at radius 3 is 2.42 bits per heavy atom. The average Bonchev–Trinajstić information content (AvgIpc) is 2.73. The fraction of sp³-hybridized carbons (Fsp3) is 0.750. The molecule has 0 aromatic carbocycles. The van der Waals surface area contributed by atoms with Crippen LogP contribution in [0.5, 0.6) is 0 Å². The minimum Gasteiger partial charge on any atom is -0.348 e. The first-order valence-electron chi connectivity index (χ1n) is 6.25. The van der Waals surface area contributed by atoms with Gasteiger partial charge in [0.1, 0.15) is 10.0 Å². The van der Waals surface area contributed by atoms with Crippen molar-refractivity contribution >= 4 is 29.7 Å². The molecule has 1 aromatic heterocycles. The van der Waals surface area contributed by atoms with Crippen molar-refractivity contribution in [3.8, 4) is 0 Å². The number of nitrogens with zero attached hydrogens (tertiary/aromatic N) is 2. The van der Waals surface area contributed by atoms with Crippen molar-refractivity contribution < 1.29 is 4.79 Å². The zero-order valence-electron chi connectivity index (χ0n) is 11.8. The van der Waals surface area contributed by atoms with E-state index in [-0.39, 0.29) is 18.3 Å². The van der Waals surface area contributed by atoms with Crippen LogP contribution in [0, 0.1) is 5.92 Å². The highest BCUT2D eigenvalue weighted by Gasteiger charge is 2.15. The molecule has 0 spiro atoms. The third-order valence-electron chi connectivity index (χ3n) is 2.45. The van der Waals surface area contributed by atoms with Gasteiger partial charge < -0.3 is 11.1 Å². The number of carbonyl (C=O) groups excluding carboxylic acids is 1. The normalized spacial score (nSPS) is 12.4. The summed E-state index contributed by atoms with van der Waals surface area (Å²) in [7, 11) is 0. The topological polar surface area (TPSA) is 80.9 Å². The Labute approximate surface area is 124 Å². The molecule has 7 heteroatoms. The fourth-order valence-corrected chi connectivity index (χ4v) is 2.26. The maximum atomic E-state index is 11.7. The number of aromatic nitrogens is 2. The Morgan fingerprint density at radius 1 is 1.32 bits per heavy atom. The summed E-state index contributed by atoms with van der Waals surface area (Å²) in [5.74, 6) is 0.667. The molecule has 1 heterocycles. The summed E-state index contributed by atoms with van der Waals surface area (Å²) in [6.45, 7) is 8.65. The molecule has 0 fully saturated rings. The van der Waals surface area contributed by atoms with Gasteiger partial charge in [-0.15, -0.1) is 22.6 Å². The summed E-state index contributed by atoms with van der Waals surface area (Å²) in [6, 6.07) is -0.442. The third-order valence-corrected chi connectivity index (χ3v) is 3.68. The molecule has 0 saturated heterocycles. The summed E-state index contributed by atoms with van der Waals surface area (Å²) in [5.41, 5.74) is 5.79. The van der Waals surface area contributed by atoms with Gasteiger partial charge in [-0.3, -0.25) is 4.79 Å².